The van der Waals surface area contributed by atoms with Crippen LogP contribution in [0.5, 0.6) is 0 Å². The zero-order valence-corrected chi connectivity index (χ0v) is 111. The van der Waals surface area contributed by atoms with Crippen molar-refractivity contribution in [2.75, 3.05) is 70.1 Å². The monoisotopic (exact) mass is 2300 g/mol. The van der Waals surface area contributed by atoms with Crippen LogP contribution < -0.4 is 27.4 Å². The van der Waals surface area contributed by atoms with Crippen molar-refractivity contribution >= 4 is 213 Å². The summed E-state index contributed by atoms with van der Waals surface area (Å²) in [5, 5.41) is 17.0. The van der Waals surface area contributed by atoms with E-state index in [2.05, 4.69) is 243 Å². The van der Waals surface area contributed by atoms with Gasteiger partial charge in [-0.2, -0.15) is 22.2 Å². The maximum atomic E-state index is 11.7. The molecule has 0 aliphatic heterocycles. The number of hydrogen-bond acceptors (Lipinski definition) is 27. The lowest BCUT2D eigenvalue weighted by atomic mass is 10.0. The summed E-state index contributed by atoms with van der Waals surface area (Å²) in [5.74, 6) is 5.07. The van der Waals surface area contributed by atoms with Crippen molar-refractivity contribution in [2.24, 2.45) is 45.4 Å². The molecule has 0 atom stereocenters. The van der Waals surface area contributed by atoms with Crippen LogP contribution in [0.1, 0.15) is 138 Å². The van der Waals surface area contributed by atoms with Gasteiger partial charge in [0.1, 0.15) is 36.3 Å². The second-order valence-corrected chi connectivity index (χ2v) is 113. The number of Topliss-reactive ketones (excluding diaryl/α,β-unsaturated/α-hetero) is 4. The number of halogens is 5. The van der Waals surface area contributed by atoms with Gasteiger partial charge in [0, 0.05) is 182 Å². The SMILES string of the molecule is CC(C)C(=O)CCCC[Si](C)(C)Cl.CC(C)C(=O)CCCC[Si](C)(C)O[Si](C)(C)CCCCC(=O)C(C)C.CC(C)C(=O)CCCC[Si](C)(C)O[Si](C)(C)CCc1ncccn1.C[Si](C)(CCl)O[Si](C)(C)CCl.C[Si](C)(CN)O[Si](C)(C)CN.C[Si](C)(CN=[N+]=[N-])O[Si](C)(C)CN=[N+]=[N-].C[Si](C)(CNc1ncccn1)O[Si](C)(C)CNc1ncccn1.C[Si](C)(Cl)CNc1ncccn1.Clc1ncccn1. The zero-order chi connectivity index (χ0) is 109. The molecule has 50 heteroatoms. The highest BCUT2D eigenvalue weighted by Crippen LogP contribution is 2.29. The van der Waals surface area contributed by atoms with E-state index in [0.717, 1.165) is 119 Å². The number of hydrogen-bond donors (Lipinski definition) is 5. The molecule has 7 N–H and O–H groups in total. The topological polar surface area (TPSA) is 438 Å². The first-order chi connectivity index (χ1) is 64.6. The van der Waals surface area contributed by atoms with Crippen molar-refractivity contribution < 1.29 is 43.9 Å². The molecule has 5 aromatic rings. The van der Waals surface area contributed by atoms with Crippen LogP contribution in [0.2, 0.25) is 219 Å². The highest BCUT2D eigenvalue weighted by atomic mass is 35.6. The third kappa shape index (κ3) is 88.9. The fourth-order valence-corrected chi connectivity index (χ4v) is 62.3. The van der Waals surface area contributed by atoms with Crippen LogP contribution in [0.25, 0.3) is 20.9 Å². The van der Waals surface area contributed by atoms with E-state index in [0.29, 0.717) is 101 Å². The molecule has 31 nitrogen and oxygen atoms in total. The molecular weight excluding hydrogens is 2120 g/mol. The van der Waals surface area contributed by atoms with Gasteiger partial charge in [0.2, 0.25) is 23.1 Å². The molecule has 5 aromatic heterocycles. The van der Waals surface area contributed by atoms with Gasteiger partial charge in [0.05, 0.1) is 0 Å². The Bertz CT molecular complexity index is 4070. The number of azide groups is 2. The Hall–Kier alpha value is -3.73. The van der Waals surface area contributed by atoms with Crippen molar-refractivity contribution in [3.05, 3.63) is 124 Å². The van der Waals surface area contributed by atoms with Crippen molar-refractivity contribution in [1.82, 2.24) is 49.8 Å². The summed E-state index contributed by atoms with van der Waals surface area (Å²) < 4.78 is 37.7. The van der Waals surface area contributed by atoms with Crippen molar-refractivity contribution in [3.63, 3.8) is 0 Å². The minimum atomic E-state index is -1.95. The fourth-order valence-electron chi connectivity index (χ4n) is 13.1. The Morgan fingerprint density at radius 3 is 0.801 bits per heavy atom. The van der Waals surface area contributed by atoms with Crippen LogP contribution in [0, 0.1) is 23.7 Å². The summed E-state index contributed by atoms with van der Waals surface area (Å²) in [4.78, 5) is 92.4. The Morgan fingerprint density at radius 1 is 0.326 bits per heavy atom. The quantitative estimate of drug-likeness (QED) is 0.00353. The third-order valence-electron chi connectivity index (χ3n) is 20.2. The standard InChI is InChI=1S/C20H42O3Si2.C18H34N2O2Si2.C14H24N6OSi2.C10H21ClOSi.C7H12ClN3Si.C6H16Cl2OSi2.C6H16N6OSi2.C6H20N2OSi2.C4H3ClN2/c1-17(2)19(21)13-9-11-15-24(5,6)23-25(7,8)16-12-10-14-20(22)18(3)4;1-16(2)17(21)10-7-8-14-23(3,4)22-24(5,6)15-11-18-19-12-9-13-20-18;1-22(2,11-19-13-15-7-5-8-16-13)21-23(3,4)12-20-14-17-9-6-10-18-14;1-9(2)10(12)7-5-6-8-13(3,4)11;1-12(2,8)6-11-7-9-4-3-5-10-7;1-10(2,5-7)9-11(3,4)6-8;1-14(2,5-9-11-7)13-15(3,4)6-10-12-8;1-10(2,5-7)9-11(3,4)6-8;5-4-6-2-1-3-7-4/h17-18H,9-16H2,1-8H3;9,12-13,16H,7-8,10-11,14-15H2,1-6H3;5-10H,11-12H2,1-4H3,(H,15,16,19)(H,17,18,20);9H,5-8H2,1-4H3;3-5H,6H2,1-2H3,(H,9,10,11);5-6H2,1-4H3;5-6H2,1-4H3;5-8H2,1-4H3;1-3H. The van der Waals surface area contributed by atoms with E-state index in [1.54, 1.807) is 86.2 Å². The molecule has 0 radical (unpaired) electrons. The molecule has 0 spiro atoms. The Morgan fingerprint density at radius 2 is 0.560 bits per heavy atom. The van der Waals surface area contributed by atoms with Gasteiger partial charge in [0.25, 0.3) is 0 Å². The lowest BCUT2D eigenvalue weighted by molar-refractivity contribution is -0.122. The molecule has 808 valence electrons. The number of aromatic nitrogens is 10. The summed E-state index contributed by atoms with van der Waals surface area (Å²) in [5.41, 5.74) is 29.0. The Labute approximate surface area is 890 Å². The normalized spacial score (nSPS) is 12.2. The number of carbonyl (C=O) groups is 4. The molecular formula is C91H188Cl5N21O10Si14. The van der Waals surface area contributed by atoms with Crippen LogP contribution in [0.4, 0.5) is 17.8 Å². The van der Waals surface area contributed by atoms with Gasteiger partial charge in [-0.05, 0) is 266 Å². The van der Waals surface area contributed by atoms with E-state index >= 15 is 0 Å². The first-order valence-corrected chi connectivity index (χ1v) is 96.8. The Balaban J connectivity index is -0.000000767. The minimum Gasteiger partial charge on any atom is -0.455 e. The number of nitrogens with two attached hydrogens (primary N) is 2. The number of unbranched alkanes of at least 4 members (excludes halogenated alkanes) is 4. The first-order valence-electron chi connectivity index (χ1n) is 49.6. The molecule has 0 fully saturated rings. The predicted molar refractivity (Wildman–Crippen MR) is 634 cm³/mol. The number of aryl methyl sites for hydroxylation is 1. The molecule has 0 bridgehead atoms. The number of nitrogens with one attached hydrogen (secondary N) is 3. The van der Waals surface area contributed by atoms with E-state index in [-0.39, 0.29) is 23.7 Å². The molecule has 141 heavy (non-hydrogen) atoms. The summed E-state index contributed by atoms with van der Waals surface area (Å²) in [7, 11) is -23.6. The molecule has 5 rings (SSSR count). The number of rotatable bonds is 56. The second kappa shape index (κ2) is 73.4. The van der Waals surface area contributed by atoms with Gasteiger partial charge in [-0.15, -0.1) is 23.2 Å². The van der Waals surface area contributed by atoms with Crippen LogP contribution in [-0.2, 0) is 50.3 Å². The summed E-state index contributed by atoms with van der Waals surface area (Å²) >= 11 is 29.1. The molecule has 0 aromatic carbocycles. The molecule has 0 amide bonds. The van der Waals surface area contributed by atoms with Crippen molar-refractivity contribution in [2.45, 2.75) is 352 Å². The summed E-state index contributed by atoms with van der Waals surface area (Å²) in [6.07, 6.45) is 33.8. The number of alkyl halides is 2. The van der Waals surface area contributed by atoms with E-state index in [1.807, 2.05) is 87.6 Å². The van der Waals surface area contributed by atoms with E-state index < -0.39 is 115 Å². The van der Waals surface area contributed by atoms with Gasteiger partial charge in [-0.1, -0.05) is 117 Å². The highest BCUT2D eigenvalue weighted by molar-refractivity contribution is 7.19. The largest absolute Gasteiger partial charge is 0.455 e. The van der Waals surface area contributed by atoms with Crippen LogP contribution in [-0.4, -0.2) is 242 Å². The molecule has 0 aliphatic carbocycles. The number of nitrogens with zero attached hydrogens (tertiary/aromatic N) is 16. The number of anilines is 3. The molecule has 0 unspecified atom stereocenters. The summed E-state index contributed by atoms with van der Waals surface area (Å²) in [6, 6.07) is 14.6. The third-order valence-corrected chi connectivity index (χ3v) is 67.5. The van der Waals surface area contributed by atoms with E-state index in [4.69, 9.17) is 104 Å². The molecule has 0 aliphatic rings. The van der Waals surface area contributed by atoms with Crippen molar-refractivity contribution in [1.29, 1.82) is 0 Å². The maximum Gasteiger partial charge on any atom is 0.222 e. The lowest BCUT2D eigenvalue weighted by Gasteiger charge is -2.34. The van der Waals surface area contributed by atoms with Gasteiger partial charge < -0.3 is 52.1 Å². The van der Waals surface area contributed by atoms with Gasteiger partial charge in [-0.25, -0.2) is 49.8 Å². The molecule has 0 saturated heterocycles. The highest BCUT2D eigenvalue weighted by Gasteiger charge is 2.38. The molecule has 5 heterocycles. The van der Waals surface area contributed by atoms with E-state index in [1.165, 1.54) is 0 Å². The number of carbonyl (C=O) groups excluding carboxylic acids is 4. The average Bonchev–Trinajstić information content (AvgIpc) is 0.875. The maximum absolute atomic E-state index is 11.7. The van der Waals surface area contributed by atoms with Crippen LogP contribution in [0.3, 0.4) is 0 Å². The van der Waals surface area contributed by atoms with Gasteiger partial charge in [0.15, 0.2) is 107 Å². The lowest BCUT2D eigenvalue weighted by Crippen LogP contribution is -2.53. The molecule has 0 saturated carbocycles. The van der Waals surface area contributed by atoms with Crippen LogP contribution >= 0.6 is 57.0 Å². The second-order valence-electron chi connectivity index (χ2n) is 44.9. The first kappa shape index (κ1) is 144. The summed E-state index contributed by atoms with van der Waals surface area (Å²) in [6.45, 7) is 76.6. The minimum absolute atomic E-state index is 0.162. The van der Waals surface area contributed by atoms with Crippen molar-refractivity contribution in [3.8, 4) is 0 Å². The fraction of sp³-hybridized carbons (Fsp3) is 0.736. The van der Waals surface area contributed by atoms with E-state index in [9.17, 15) is 19.2 Å². The zero-order valence-electron chi connectivity index (χ0n) is 93.3. The van der Waals surface area contributed by atoms with Gasteiger partial charge >= 0.3 is 0 Å². The predicted octanol–water partition coefficient (Wildman–Crippen LogP) is 26.7. The number of ketones is 4. The smallest absolute Gasteiger partial charge is 0.222 e. The Kier molecular flexibility index (Phi) is 74.7. The average molecular weight is 2310 g/mol. The van der Waals surface area contributed by atoms with Gasteiger partial charge in [-0.3, -0.25) is 19.2 Å². The van der Waals surface area contributed by atoms with Crippen LogP contribution in [0.15, 0.2) is 103 Å².